The maximum absolute atomic E-state index is 11.0. The Balaban J connectivity index is 2.76. The molecule has 0 aliphatic rings. The van der Waals surface area contributed by atoms with E-state index in [1.165, 1.54) is 0 Å². The summed E-state index contributed by atoms with van der Waals surface area (Å²) in [6.45, 7) is 4.44. The summed E-state index contributed by atoms with van der Waals surface area (Å²) >= 11 is 0. The monoisotopic (exact) mass is 168 g/mol. The van der Waals surface area contributed by atoms with E-state index in [0.717, 1.165) is 13.0 Å². The molecule has 0 saturated carbocycles. The second kappa shape index (κ2) is 3.85. The molecular formula is C7H12N4O. The van der Waals surface area contributed by atoms with Crippen LogP contribution in [0.5, 0.6) is 0 Å². The molecule has 5 heteroatoms. The lowest BCUT2D eigenvalue weighted by molar-refractivity contribution is 0.873. The van der Waals surface area contributed by atoms with Gasteiger partial charge in [-0.25, -0.2) is 0 Å². The normalized spacial score (nSPS) is 9.83. The minimum Gasteiger partial charge on any atom is -0.354 e. The van der Waals surface area contributed by atoms with Crippen molar-refractivity contribution in [2.75, 3.05) is 11.9 Å². The van der Waals surface area contributed by atoms with Gasteiger partial charge in [-0.3, -0.25) is 9.78 Å². The van der Waals surface area contributed by atoms with Gasteiger partial charge in [0.05, 0.1) is 0 Å². The molecule has 66 valence electrons. The molecule has 0 saturated heterocycles. The van der Waals surface area contributed by atoms with E-state index >= 15 is 0 Å². The number of anilines is 1. The topological polar surface area (TPSA) is 70.7 Å². The number of aromatic nitrogens is 3. The zero-order chi connectivity index (χ0) is 8.97. The summed E-state index contributed by atoms with van der Waals surface area (Å²) in [5.41, 5.74) is 0.195. The highest BCUT2D eigenvalue weighted by molar-refractivity contribution is 5.20. The Morgan fingerprint density at radius 2 is 2.25 bits per heavy atom. The lowest BCUT2D eigenvalue weighted by Crippen LogP contribution is -2.17. The zero-order valence-corrected chi connectivity index (χ0v) is 7.22. The second-order valence-electron chi connectivity index (χ2n) is 2.51. The summed E-state index contributed by atoms with van der Waals surface area (Å²) in [4.78, 5) is 13.6. The molecule has 0 unspecified atom stereocenters. The Labute approximate surface area is 70.2 Å². The highest BCUT2D eigenvalue weighted by atomic mass is 16.1. The van der Waals surface area contributed by atoms with Gasteiger partial charge < -0.3 is 5.32 Å². The Bertz CT molecular complexity index is 307. The zero-order valence-electron chi connectivity index (χ0n) is 7.22. The van der Waals surface area contributed by atoms with E-state index in [1.54, 1.807) is 6.92 Å². The van der Waals surface area contributed by atoms with Crippen molar-refractivity contribution in [1.29, 1.82) is 0 Å². The molecule has 1 aromatic heterocycles. The number of hydrogen-bond acceptors (Lipinski definition) is 4. The van der Waals surface area contributed by atoms with E-state index in [0.29, 0.717) is 11.6 Å². The third-order valence-corrected chi connectivity index (χ3v) is 1.40. The van der Waals surface area contributed by atoms with E-state index in [4.69, 9.17) is 0 Å². The molecule has 5 nitrogen and oxygen atoms in total. The molecule has 1 aromatic rings. The van der Waals surface area contributed by atoms with Gasteiger partial charge in [-0.1, -0.05) is 6.92 Å². The van der Waals surface area contributed by atoms with Crippen LogP contribution in [0.3, 0.4) is 0 Å². The summed E-state index contributed by atoms with van der Waals surface area (Å²) in [6, 6.07) is 0. The van der Waals surface area contributed by atoms with Gasteiger partial charge in [-0.05, 0) is 13.3 Å². The van der Waals surface area contributed by atoms with Gasteiger partial charge in [0.25, 0.3) is 5.56 Å². The molecule has 0 aliphatic carbocycles. The largest absolute Gasteiger partial charge is 0.354 e. The van der Waals surface area contributed by atoms with E-state index in [1.807, 2.05) is 6.92 Å². The summed E-state index contributed by atoms with van der Waals surface area (Å²) < 4.78 is 0. The number of aryl methyl sites for hydroxylation is 1. The van der Waals surface area contributed by atoms with Crippen molar-refractivity contribution in [3.05, 3.63) is 16.0 Å². The first-order chi connectivity index (χ1) is 5.74. The maximum atomic E-state index is 11.0. The lowest BCUT2D eigenvalue weighted by atomic mass is 10.5. The van der Waals surface area contributed by atoms with Crippen LogP contribution >= 0.6 is 0 Å². The van der Waals surface area contributed by atoms with Crippen LogP contribution in [-0.2, 0) is 0 Å². The average molecular weight is 168 g/mol. The number of aromatic amines is 1. The van der Waals surface area contributed by atoms with Gasteiger partial charge in [0.15, 0.2) is 0 Å². The Hall–Kier alpha value is -1.39. The highest BCUT2D eigenvalue weighted by Crippen LogP contribution is 1.90. The van der Waals surface area contributed by atoms with Gasteiger partial charge in [0, 0.05) is 6.54 Å². The minimum atomic E-state index is -0.191. The fourth-order valence-electron chi connectivity index (χ4n) is 0.716. The van der Waals surface area contributed by atoms with Crippen molar-refractivity contribution < 1.29 is 0 Å². The standard InChI is InChI=1S/C7H12N4O/c1-3-4-8-7-9-6(12)5(2)10-11-7/h3-4H2,1-2H3,(H2,8,9,11,12). The summed E-state index contributed by atoms with van der Waals surface area (Å²) in [5.74, 6) is 0.437. The smallest absolute Gasteiger partial charge is 0.273 e. The summed E-state index contributed by atoms with van der Waals surface area (Å²) in [7, 11) is 0. The first kappa shape index (κ1) is 8.70. The van der Waals surface area contributed by atoms with Gasteiger partial charge in [-0.2, -0.15) is 0 Å². The van der Waals surface area contributed by atoms with Crippen molar-refractivity contribution in [3.63, 3.8) is 0 Å². The van der Waals surface area contributed by atoms with Crippen LogP contribution in [-0.4, -0.2) is 21.7 Å². The van der Waals surface area contributed by atoms with Crippen LogP contribution < -0.4 is 10.9 Å². The molecule has 0 amide bonds. The van der Waals surface area contributed by atoms with Crippen molar-refractivity contribution in [2.24, 2.45) is 0 Å². The molecular weight excluding hydrogens is 156 g/mol. The number of H-pyrrole nitrogens is 1. The van der Waals surface area contributed by atoms with Crippen molar-refractivity contribution in [2.45, 2.75) is 20.3 Å². The molecule has 1 rings (SSSR count). The van der Waals surface area contributed by atoms with Crippen molar-refractivity contribution in [3.8, 4) is 0 Å². The van der Waals surface area contributed by atoms with Crippen LogP contribution in [0.2, 0.25) is 0 Å². The molecule has 0 atom stereocenters. The highest BCUT2D eigenvalue weighted by Gasteiger charge is 1.97. The molecule has 2 N–H and O–H groups in total. The third-order valence-electron chi connectivity index (χ3n) is 1.40. The first-order valence-electron chi connectivity index (χ1n) is 3.91. The van der Waals surface area contributed by atoms with Gasteiger partial charge in [-0.15, -0.1) is 10.2 Å². The van der Waals surface area contributed by atoms with Crippen LogP contribution in [0.15, 0.2) is 4.79 Å². The first-order valence-corrected chi connectivity index (χ1v) is 3.91. The van der Waals surface area contributed by atoms with Gasteiger partial charge in [0.2, 0.25) is 5.95 Å². The predicted molar refractivity (Wildman–Crippen MR) is 46.2 cm³/mol. The van der Waals surface area contributed by atoms with E-state index < -0.39 is 0 Å². The summed E-state index contributed by atoms with van der Waals surface area (Å²) in [6.07, 6.45) is 0.984. The van der Waals surface area contributed by atoms with Crippen LogP contribution in [0.4, 0.5) is 5.95 Å². The van der Waals surface area contributed by atoms with Crippen molar-refractivity contribution in [1.82, 2.24) is 15.2 Å². The number of hydrogen-bond donors (Lipinski definition) is 2. The molecule has 0 aliphatic heterocycles. The predicted octanol–water partition coefficient (Wildman–Crippen LogP) is 0.295. The second-order valence-corrected chi connectivity index (χ2v) is 2.51. The molecule has 0 bridgehead atoms. The molecule has 0 fully saturated rings. The lowest BCUT2D eigenvalue weighted by Gasteiger charge is -2.00. The third kappa shape index (κ3) is 2.05. The number of rotatable bonds is 3. The molecule has 0 spiro atoms. The van der Waals surface area contributed by atoms with Crippen LogP contribution in [0, 0.1) is 6.92 Å². The molecule has 0 radical (unpaired) electrons. The fraction of sp³-hybridized carbons (Fsp3) is 0.571. The van der Waals surface area contributed by atoms with Crippen molar-refractivity contribution >= 4 is 5.95 Å². The maximum Gasteiger partial charge on any atom is 0.273 e. The number of nitrogens with one attached hydrogen (secondary N) is 2. The summed E-state index contributed by atoms with van der Waals surface area (Å²) in [5, 5.41) is 10.4. The van der Waals surface area contributed by atoms with Gasteiger partial charge >= 0.3 is 0 Å². The van der Waals surface area contributed by atoms with Gasteiger partial charge in [0.1, 0.15) is 5.69 Å². The fourth-order valence-corrected chi connectivity index (χ4v) is 0.716. The Kier molecular flexibility index (Phi) is 2.79. The average Bonchev–Trinajstić information content (AvgIpc) is 2.07. The molecule has 1 heterocycles. The van der Waals surface area contributed by atoms with E-state index in [9.17, 15) is 4.79 Å². The van der Waals surface area contributed by atoms with E-state index in [2.05, 4.69) is 20.5 Å². The Morgan fingerprint density at radius 1 is 1.50 bits per heavy atom. The minimum absolute atomic E-state index is 0.191. The Morgan fingerprint density at radius 3 is 2.83 bits per heavy atom. The SMILES string of the molecule is CCCNc1nnc(C)c(=O)[nH]1. The molecule has 0 aromatic carbocycles. The quantitative estimate of drug-likeness (QED) is 0.680. The van der Waals surface area contributed by atoms with Crippen LogP contribution in [0.1, 0.15) is 19.0 Å². The molecule has 12 heavy (non-hydrogen) atoms. The van der Waals surface area contributed by atoms with E-state index in [-0.39, 0.29) is 5.56 Å². The van der Waals surface area contributed by atoms with Crippen LogP contribution in [0.25, 0.3) is 0 Å². The number of nitrogens with zero attached hydrogens (tertiary/aromatic N) is 2.